The number of aromatic nitrogens is 2. The second-order valence-electron chi connectivity index (χ2n) is 8.00. The molecular weight excluding hydrogens is 384 g/mol. The number of amides is 1. The fraction of sp³-hybridized carbons (Fsp3) is 0.565. The number of benzene rings is 1. The quantitative estimate of drug-likeness (QED) is 0.560. The van der Waals surface area contributed by atoms with Crippen molar-refractivity contribution in [2.24, 2.45) is 5.92 Å². The standard InChI is InChI=1S/C23H34N4O.ClH/c1-27(23(28)12-11-19-13-15-24-16-14-19)17-7-3-6-10-21-18-22(26-25-21)20-8-4-2-5-9-20;/h2,4-5,8-9,18-19,24H,3,6-7,10-17H2,1H3,(H,25,26);1H. The van der Waals surface area contributed by atoms with Crippen LogP contribution in [-0.4, -0.2) is 47.7 Å². The number of piperidine rings is 1. The van der Waals surface area contributed by atoms with Crippen LogP contribution in [0.2, 0.25) is 0 Å². The zero-order valence-electron chi connectivity index (χ0n) is 17.5. The summed E-state index contributed by atoms with van der Waals surface area (Å²) in [5.41, 5.74) is 3.34. The lowest BCUT2D eigenvalue weighted by Gasteiger charge is -2.23. The van der Waals surface area contributed by atoms with E-state index in [-0.39, 0.29) is 12.4 Å². The van der Waals surface area contributed by atoms with Crippen molar-refractivity contribution in [1.29, 1.82) is 0 Å². The van der Waals surface area contributed by atoms with E-state index in [2.05, 4.69) is 33.7 Å². The minimum atomic E-state index is 0. The van der Waals surface area contributed by atoms with Crippen LogP contribution in [-0.2, 0) is 11.2 Å². The Balaban J connectivity index is 0.00000300. The number of H-pyrrole nitrogens is 1. The van der Waals surface area contributed by atoms with Crippen LogP contribution in [0.3, 0.4) is 0 Å². The number of hydrogen-bond donors (Lipinski definition) is 2. The SMILES string of the molecule is CN(CCCCCc1cc(-c2ccccc2)n[nH]1)C(=O)CCC1CCNCC1.Cl. The van der Waals surface area contributed by atoms with Gasteiger partial charge in [-0.3, -0.25) is 9.89 Å². The maximum absolute atomic E-state index is 12.3. The summed E-state index contributed by atoms with van der Waals surface area (Å²) < 4.78 is 0. The van der Waals surface area contributed by atoms with Gasteiger partial charge in [0.2, 0.25) is 5.91 Å². The van der Waals surface area contributed by atoms with E-state index < -0.39 is 0 Å². The number of carbonyl (C=O) groups excluding carboxylic acids is 1. The zero-order valence-corrected chi connectivity index (χ0v) is 18.3. The van der Waals surface area contributed by atoms with E-state index in [4.69, 9.17) is 0 Å². The molecule has 2 N–H and O–H groups in total. The lowest BCUT2D eigenvalue weighted by atomic mass is 9.93. The van der Waals surface area contributed by atoms with Gasteiger partial charge in [-0.2, -0.15) is 5.10 Å². The molecule has 1 aromatic heterocycles. The van der Waals surface area contributed by atoms with Crippen molar-refractivity contribution in [2.45, 2.75) is 51.4 Å². The molecule has 0 radical (unpaired) electrons. The molecule has 5 nitrogen and oxygen atoms in total. The topological polar surface area (TPSA) is 61.0 Å². The van der Waals surface area contributed by atoms with Crippen LogP contribution in [0.25, 0.3) is 11.3 Å². The summed E-state index contributed by atoms with van der Waals surface area (Å²) in [6.07, 6.45) is 8.51. The second-order valence-corrected chi connectivity index (χ2v) is 8.00. The molecule has 160 valence electrons. The molecule has 1 aliphatic heterocycles. The fourth-order valence-corrected chi connectivity index (χ4v) is 3.90. The Morgan fingerprint density at radius 1 is 1.14 bits per heavy atom. The molecule has 0 unspecified atom stereocenters. The molecule has 29 heavy (non-hydrogen) atoms. The van der Waals surface area contributed by atoms with E-state index in [9.17, 15) is 4.79 Å². The van der Waals surface area contributed by atoms with Crippen LogP contribution in [0.5, 0.6) is 0 Å². The van der Waals surface area contributed by atoms with Crippen LogP contribution < -0.4 is 5.32 Å². The van der Waals surface area contributed by atoms with E-state index in [1.807, 2.05) is 30.1 Å². The summed E-state index contributed by atoms with van der Waals surface area (Å²) in [6.45, 7) is 3.08. The van der Waals surface area contributed by atoms with Crippen molar-refractivity contribution in [3.63, 3.8) is 0 Å². The lowest BCUT2D eigenvalue weighted by Crippen LogP contribution is -2.30. The highest BCUT2D eigenvalue weighted by Crippen LogP contribution is 2.19. The molecule has 1 aromatic carbocycles. The van der Waals surface area contributed by atoms with Crippen LogP contribution in [0.15, 0.2) is 36.4 Å². The van der Waals surface area contributed by atoms with Crippen molar-refractivity contribution in [3.8, 4) is 11.3 Å². The number of rotatable bonds is 10. The molecule has 6 heteroatoms. The van der Waals surface area contributed by atoms with Gasteiger partial charge in [-0.25, -0.2) is 0 Å². The molecule has 0 saturated carbocycles. The number of aryl methyl sites for hydroxylation is 1. The minimum absolute atomic E-state index is 0. The highest BCUT2D eigenvalue weighted by molar-refractivity contribution is 5.85. The molecule has 1 saturated heterocycles. The Bertz CT molecular complexity index is 713. The molecule has 1 aliphatic rings. The molecule has 3 rings (SSSR count). The van der Waals surface area contributed by atoms with E-state index in [0.29, 0.717) is 12.3 Å². The first-order valence-electron chi connectivity index (χ1n) is 10.8. The second kappa shape index (κ2) is 12.7. The molecular formula is C23H35ClN4O. The van der Waals surface area contributed by atoms with Crippen molar-refractivity contribution in [1.82, 2.24) is 20.4 Å². The van der Waals surface area contributed by atoms with Gasteiger partial charge in [-0.1, -0.05) is 36.8 Å². The number of unbranched alkanes of at least 4 members (excludes halogenated alkanes) is 2. The third-order valence-electron chi connectivity index (χ3n) is 5.79. The van der Waals surface area contributed by atoms with Gasteiger partial charge in [-0.15, -0.1) is 12.4 Å². The largest absolute Gasteiger partial charge is 0.346 e. The Labute approximate surface area is 181 Å². The van der Waals surface area contributed by atoms with Crippen LogP contribution in [0.1, 0.15) is 50.6 Å². The number of hydrogen-bond acceptors (Lipinski definition) is 3. The third kappa shape index (κ3) is 7.82. The summed E-state index contributed by atoms with van der Waals surface area (Å²) in [7, 11) is 1.95. The number of carbonyl (C=O) groups is 1. The van der Waals surface area contributed by atoms with Crippen LogP contribution in [0.4, 0.5) is 0 Å². The smallest absolute Gasteiger partial charge is 0.222 e. The van der Waals surface area contributed by atoms with E-state index in [1.54, 1.807) is 0 Å². The highest BCUT2D eigenvalue weighted by atomic mass is 35.5. The van der Waals surface area contributed by atoms with Gasteiger partial charge in [0, 0.05) is 31.3 Å². The van der Waals surface area contributed by atoms with Gasteiger partial charge in [0.25, 0.3) is 0 Å². The Kier molecular flexibility index (Phi) is 10.2. The third-order valence-corrected chi connectivity index (χ3v) is 5.79. The monoisotopic (exact) mass is 418 g/mol. The molecule has 2 aromatic rings. The number of nitrogens with zero attached hydrogens (tertiary/aromatic N) is 2. The molecule has 0 atom stereocenters. The van der Waals surface area contributed by atoms with E-state index >= 15 is 0 Å². The molecule has 1 amide bonds. The average molecular weight is 419 g/mol. The molecule has 2 heterocycles. The van der Waals surface area contributed by atoms with Crippen LogP contribution in [0, 0.1) is 5.92 Å². The Morgan fingerprint density at radius 3 is 2.66 bits per heavy atom. The first kappa shape index (κ1) is 23.4. The van der Waals surface area contributed by atoms with Crippen molar-refractivity contribution in [3.05, 3.63) is 42.1 Å². The summed E-state index contributed by atoms with van der Waals surface area (Å²) in [6, 6.07) is 12.4. The first-order valence-corrected chi connectivity index (χ1v) is 10.8. The van der Waals surface area contributed by atoms with E-state index in [0.717, 1.165) is 68.9 Å². The molecule has 1 fully saturated rings. The zero-order chi connectivity index (χ0) is 19.6. The first-order chi connectivity index (χ1) is 13.7. The number of halogens is 1. The number of nitrogens with one attached hydrogen (secondary N) is 2. The van der Waals surface area contributed by atoms with E-state index in [1.165, 1.54) is 18.5 Å². The average Bonchev–Trinajstić information content (AvgIpc) is 3.22. The predicted molar refractivity (Wildman–Crippen MR) is 121 cm³/mol. The molecule has 0 bridgehead atoms. The fourth-order valence-electron chi connectivity index (χ4n) is 3.90. The van der Waals surface area contributed by atoms with Gasteiger partial charge in [-0.05, 0) is 63.6 Å². The van der Waals surface area contributed by atoms with Gasteiger partial charge >= 0.3 is 0 Å². The van der Waals surface area contributed by atoms with Crippen molar-refractivity contribution >= 4 is 18.3 Å². The van der Waals surface area contributed by atoms with Gasteiger partial charge in [0.15, 0.2) is 0 Å². The summed E-state index contributed by atoms with van der Waals surface area (Å²) in [4.78, 5) is 14.2. The molecule has 0 spiro atoms. The molecule has 0 aliphatic carbocycles. The Morgan fingerprint density at radius 2 is 1.90 bits per heavy atom. The van der Waals surface area contributed by atoms with Gasteiger partial charge in [0.05, 0.1) is 5.69 Å². The maximum atomic E-state index is 12.3. The maximum Gasteiger partial charge on any atom is 0.222 e. The van der Waals surface area contributed by atoms with Gasteiger partial charge < -0.3 is 10.2 Å². The summed E-state index contributed by atoms with van der Waals surface area (Å²) in [5, 5.41) is 10.9. The van der Waals surface area contributed by atoms with Gasteiger partial charge in [0.1, 0.15) is 0 Å². The predicted octanol–water partition coefficient (Wildman–Crippen LogP) is 4.45. The summed E-state index contributed by atoms with van der Waals surface area (Å²) >= 11 is 0. The highest BCUT2D eigenvalue weighted by Gasteiger charge is 2.16. The van der Waals surface area contributed by atoms with Crippen molar-refractivity contribution < 1.29 is 4.79 Å². The lowest BCUT2D eigenvalue weighted by molar-refractivity contribution is -0.130. The van der Waals surface area contributed by atoms with Crippen molar-refractivity contribution in [2.75, 3.05) is 26.7 Å². The van der Waals surface area contributed by atoms with Crippen LogP contribution >= 0.6 is 12.4 Å². The number of aromatic amines is 1. The normalized spacial score (nSPS) is 14.4. The Hall–Kier alpha value is -1.85. The minimum Gasteiger partial charge on any atom is -0.346 e. The summed E-state index contributed by atoms with van der Waals surface area (Å²) in [5.74, 6) is 1.04.